The summed E-state index contributed by atoms with van der Waals surface area (Å²) in [6, 6.07) is 19.8. The predicted molar refractivity (Wildman–Crippen MR) is 114 cm³/mol. The topological polar surface area (TPSA) is 62.2 Å². The Hall–Kier alpha value is -3.28. The monoisotopic (exact) mass is 377 g/mol. The fraction of sp³-hybridized carbons (Fsp3) is 0.273. The van der Waals surface area contributed by atoms with Crippen molar-refractivity contribution in [3.05, 3.63) is 72.1 Å². The van der Waals surface area contributed by atoms with Gasteiger partial charge in [0.15, 0.2) is 0 Å². The van der Waals surface area contributed by atoms with Crippen molar-refractivity contribution >= 4 is 17.4 Å². The van der Waals surface area contributed by atoms with E-state index in [9.17, 15) is 4.79 Å². The largest absolute Gasteiger partial charge is 0.370 e. The molecular formula is C22H27N5O. The van der Waals surface area contributed by atoms with Gasteiger partial charge >= 0.3 is 6.03 Å². The lowest BCUT2D eigenvalue weighted by Crippen LogP contribution is -2.41. The normalized spacial score (nSPS) is 11.7. The number of nitrogens with zero attached hydrogens (tertiary/aromatic N) is 3. The van der Waals surface area contributed by atoms with Gasteiger partial charge in [0, 0.05) is 36.7 Å². The number of para-hydroxylation sites is 1. The minimum Gasteiger partial charge on any atom is -0.370 e. The number of carbonyl (C=O) groups is 1. The second kappa shape index (κ2) is 8.61. The van der Waals surface area contributed by atoms with Crippen LogP contribution in [0.2, 0.25) is 0 Å². The Morgan fingerprint density at radius 3 is 2.54 bits per heavy atom. The summed E-state index contributed by atoms with van der Waals surface area (Å²) in [5, 5.41) is 10.3. The molecule has 0 spiro atoms. The first-order valence-electron chi connectivity index (χ1n) is 9.40. The number of nitrogens with one attached hydrogen (secondary N) is 2. The zero-order valence-corrected chi connectivity index (χ0v) is 16.8. The lowest BCUT2D eigenvalue weighted by Gasteiger charge is -2.27. The van der Waals surface area contributed by atoms with Crippen LogP contribution in [0.3, 0.4) is 0 Å². The van der Waals surface area contributed by atoms with Gasteiger partial charge in [0.1, 0.15) is 0 Å². The van der Waals surface area contributed by atoms with E-state index in [2.05, 4.69) is 39.7 Å². The third-order valence-electron chi connectivity index (χ3n) is 4.74. The van der Waals surface area contributed by atoms with E-state index in [4.69, 9.17) is 0 Å². The van der Waals surface area contributed by atoms with Crippen LogP contribution in [-0.2, 0) is 0 Å². The molecule has 1 aromatic heterocycles. The van der Waals surface area contributed by atoms with Crippen LogP contribution in [0.15, 0.2) is 60.7 Å². The minimum absolute atomic E-state index is 0.161. The van der Waals surface area contributed by atoms with Crippen LogP contribution in [-0.4, -0.2) is 35.4 Å². The van der Waals surface area contributed by atoms with Crippen molar-refractivity contribution in [3.8, 4) is 5.69 Å². The number of anilines is 2. The number of benzene rings is 2. The van der Waals surface area contributed by atoms with Gasteiger partial charge in [0.25, 0.3) is 0 Å². The third kappa shape index (κ3) is 4.71. The highest BCUT2D eigenvalue weighted by Gasteiger charge is 2.12. The quantitative estimate of drug-likeness (QED) is 0.679. The standard InChI is InChI=1S/C22H27N5O/c1-16-13-17(2)27(25-16)21-12-8-9-19(14-21)24-22(28)23-15-18(3)26(4)20-10-6-5-7-11-20/h5-14,18H,15H2,1-4H3,(H2,23,24,28). The van der Waals surface area contributed by atoms with E-state index in [0.717, 1.165) is 28.5 Å². The molecule has 0 saturated heterocycles. The minimum atomic E-state index is -0.223. The van der Waals surface area contributed by atoms with Crippen molar-refractivity contribution < 1.29 is 4.79 Å². The van der Waals surface area contributed by atoms with Gasteiger partial charge in [-0.2, -0.15) is 5.10 Å². The van der Waals surface area contributed by atoms with E-state index in [0.29, 0.717) is 6.54 Å². The molecule has 0 saturated carbocycles. The number of likely N-dealkylation sites (N-methyl/N-ethyl adjacent to an activating group) is 1. The Morgan fingerprint density at radius 1 is 1.11 bits per heavy atom. The summed E-state index contributed by atoms with van der Waals surface area (Å²) in [5.74, 6) is 0. The number of aryl methyl sites for hydroxylation is 2. The first-order chi connectivity index (χ1) is 13.4. The molecule has 0 fully saturated rings. The van der Waals surface area contributed by atoms with Gasteiger partial charge in [0.2, 0.25) is 0 Å². The summed E-state index contributed by atoms with van der Waals surface area (Å²) in [5.41, 5.74) is 4.78. The molecule has 2 amide bonds. The molecule has 0 radical (unpaired) electrons. The fourth-order valence-corrected chi connectivity index (χ4v) is 3.08. The first-order valence-corrected chi connectivity index (χ1v) is 9.40. The van der Waals surface area contributed by atoms with E-state index >= 15 is 0 Å². The summed E-state index contributed by atoms with van der Waals surface area (Å²) in [7, 11) is 2.03. The molecule has 0 aliphatic heterocycles. The van der Waals surface area contributed by atoms with Crippen molar-refractivity contribution in [2.45, 2.75) is 26.8 Å². The van der Waals surface area contributed by atoms with Crippen LogP contribution in [0.25, 0.3) is 5.69 Å². The molecule has 3 aromatic rings. The van der Waals surface area contributed by atoms with Gasteiger partial charge in [-0.15, -0.1) is 0 Å². The van der Waals surface area contributed by atoms with Gasteiger partial charge < -0.3 is 15.5 Å². The number of carbonyl (C=O) groups excluding carboxylic acids is 1. The lowest BCUT2D eigenvalue weighted by molar-refractivity contribution is 0.251. The number of rotatable bonds is 6. The van der Waals surface area contributed by atoms with Crippen LogP contribution in [0, 0.1) is 13.8 Å². The van der Waals surface area contributed by atoms with Crippen molar-refractivity contribution in [2.75, 3.05) is 23.8 Å². The maximum Gasteiger partial charge on any atom is 0.319 e. The van der Waals surface area contributed by atoms with Crippen LogP contribution in [0.4, 0.5) is 16.2 Å². The van der Waals surface area contributed by atoms with Crippen molar-refractivity contribution in [3.63, 3.8) is 0 Å². The number of hydrogen-bond donors (Lipinski definition) is 2. The maximum absolute atomic E-state index is 12.3. The molecule has 28 heavy (non-hydrogen) atoms. The highest BCUT2D eigenvalue weighted by atomic mass is 16.2. The van der Waals surface area contributed by atoms with E-state index in [-0.39, 0.29) is 12.1 Å². The number of urea groups is 1. The first kappa shape index (κ1) is 19.5. The Bertz CT molecular complexity index is 935. The van der Waals surface area contributed by atoms with E-state index in [1.54, 1.807) is 0 Å². The third-order valence-corrected chi connectivity index (χ3v) is 4.74. The summed E-state index contributed by atoms with van der Waals surface area (Å²) in [4.78, 5) is 14.5. The Labute approximate surface area is 166 Å². The van der Waals surface area contributed by atoms with Crippen LogP contribution in [0.1, 0.15) is 18.3 Å². The van der Waals surface area contributed by atoms with Gasteiger partial charge in [-0.3, -0.25) is 0 Å². The molecule has 1 unspecified atom stereocenters. The van der Waals surface area contributed by atoms with Gasteiger partial charge in [-0.05, 0) is 57.2 Å². The summed E-state index contributed by atoms with van der Waals surface area (Å²) in [6.45, 7) is 6.59. The molecule has 0 bridgehead atoms. The van der Waals surface area contributed by atoms with Crippen LogP contribution < -0.4 is 15.5 Å². The average Bonchev–Trinajstić information content (AvgIpc) is 3.04. The smallest absolute Gasteiger partial charge is 0.319 e. The Kier molecular flexibility index (Phi) is 5.99. The Balaban J connectivity index is 1.58. The highest BCUT2D eigenvalue weighted by Crippen LogP contribution is 2.17. The summed E-state index contributed by atoms with van der Waals surface area (Å²) >= 11 is 0. The molecule has 6 heteroatoms. The molecule has 0 aliphatic carbocycles. The molecule has 0 aliphatic rings. The molecule has 3 rings (SSSR count). The molecular weight excluding hydrogens is 350 g/mol. The molecule has 2 aromatic carbocycles. The number of amides is 2. The SMILES string of the molecule is Cc1cc(C)n(-c2cccc(NC(=O)NCC(C)N(C)c3ccccc3)c2)n1. The highest BCUT2D eigenvalue weighted by molar-refractivity contribution is 5.89. The van der Waals surface area contributed by atoms with E-state index < -0.39 is 0 Å². The van der Waals surface area contributed by atoms with Gasteiger partial charge in [0.05, 0.1) is 11.4 Å². The summed E-state index contributed by atoms with van der Waals surface area (Å²) < 4.78 is 1.87. The van der Waals surface area contributed by atoms with Crippen LogP contribution in [0.5, 0.6) is 0 Å². The fourth-order valence-electron chi connectivity index (χ4n) is 3.08. The maximum atomic E-state index is 12.3. The second-order valence-electron chi connectivity index (χ2n) is 7.02. The van der Waals surface area contributed by atoms with E-state index in [1.165, 1.54) is 0 Å². The molecule has 1 heterocycles. The second-order valence-corrected chi connectivity index (χ2v) is 7.02. The number of hydrogen-bond acceptors (Lipinski definition) is 3. The summed E-state index contributed by atoms with van der Waals surface area (Å²) in [6.07, 6.45) is 0. The zero-order chi connectivity index (χ0) is 20.1. The lowest BCUT2D eigenvalue weighted by atomic mass is 10.2. The molecule has 6 nitrogen and oxygen atoms in total. The molecule has 2 N–H and O–H groups in total. The van der Waals surface area contributed by atoms with Gasteiger partial charge in [-0.1, -0.05) is 24.3 Å². The van der Waals surface area contributed by atoms with Gasteiger partial charge in [-0.25, -0.2) is 9.48 Å². The molecule has 146 valence electrons. The van der Waals surface area contributed by atoms with E-state index in [1.807, 2.05) is 74.1 Å². The Morgan fingerprint density at radius 2 is 1.86 bits per heavy atom. The predicted octanol–water partition coefficient (Wildman–Crippen LogP) is 4.14. The van der Waals surface area contributed by atoms with Crippen molar-refractivity contribution in [2.24, 2.45) is 0 Å². The van der Waals surface area contributed by atoms with Crippen molar-refractivity contribution in [1.82, 2.24) is 15.1 Å². The number of aromatic nitrogens is 2. The molecule has 1 atom stereocenters. The average molecular weight is 377 g/mol. The van der Waals surface area contributed by atoms with Crippen molar-refractivity contribution in [1.29, 1.82) is 0 Å². The van der Waals surface area contributed by atoms with Crippen LogP contribution >= 0.6 is 0 Å². The zero-order valence-electron chi connectivity index (χ0n) is 16.8.